The molecule has 0 bridgehead atoms. The molecule has 0 amide bonds. The molecule has 0 unspecified atom stereocenters. The fourth-order valence-electron chi connectivity index (χ4n) is 2.12. The van der Waals surface area contributed by atoms with Crippen LogP contribution in [-0.2, 0) is 0 Å². The first-order valence-electron chi connectivity index (χ1n) is 7.27. The first-order valence-corrected chi connectivity index (χ1v) is 7.27. The molecule has 122 valence electrons. The number of anilines is 1. The molecule has 8 nitrogen and oxygen atoms in total. The Morgan fingerprint density at radius 1 is 1.29 bits per heavy atom. The van der Waals surface area contributed by atoms with E-state index in [0.717, 1.165) is 0 Å². The van der Waals surface area contributed by atoms with E-state index in [1.54, 1.807) is 18.2 Å². The van der Waals surface area contributed by atoms with Gasteiger partial charge in [0.15, 0.2) is 5.82 Å². The van der Waals surface area contributed by atoms with Gasteiger partial charge in [-0.3, -0.25) is 0 Å². The predicted octanol–water partition coefficient (Wildman–Crippen LogP) is 1.25. The Kier molecular flexibility index (Phi) is 4.37. The number of carbonyl (C=O) groups is 1. The molecule has 0 fully saturated rings. The van der Waals surface area contributed by atoms with Gasteiger partial charge in [-0.1, -0.05) is 18.2 Å². The molecule has 3 rings (SSSR count). The summed E-state index contributed by atoms with van der Waals surface area (Å²) in [6, 6.07) is 10.7. The quantitative estimate of drug-likeness (QED) is 0.727. The van der Waals surface area contributed by atoms with Gasteiger partial charge in [0.2, 0.25) is 5.88 Å². The Bertz CT molecular complexity index is 848. The maximum absolute atomic E-state index is 11.2. The maximum atomic E-state index is 11.2. The van der Waals surface area contributed by atoms with Crippen molar-refractivity contribution in [1.82, 2.24) is 19.7 Å². The predicted molar refractivity (Wildman–Crippen MR) is 84.2 cm³/mol. The minimum absolute atomic E-state index is 0.0408. The average Bonchev–Trinajstić information content (AvgIpc) is 3.00. The molecule has 1 N–H and O–H groups in total. The molecule has 0 aliphatic carbocycles. The van der Waals surface area contributed by atoms with Crippen LogP contribution in [-0.4, -0.2) is 32.3 Å². The number of nitrogens with one attached hydrogen (secondary N) is 1. The number of ether oxygens (including phenoxy) is 1. The number of carboxylic acids is 1. The van der Waals surface area contributed by atoms with Gasteiger partial charge >= 0.3 is 0 Å². The molecule has 0 saturated carbocycles. The van der Waals surface area contributed by atoms with E-state index in [1.165, 1.54) is 17.2 Å². The molecule has 3 aromatic rings. The molecule has 8 heteroatoms. The number of para-hydroxylation sites is 1. The number of carbonyl (C=O) groups excluding carboxylic acids is 1. The Hall–Kier alpha value is -3.42. The molecule has 0 aliphatic rings. The van der Waals surface area contributed by atoms with Crippen molar-refractivity contribution in [2.45, 2.75) is 6.92 Å². The fraction of sp³-hybridized carbons (Fsp3) is 0.125. The normalized spacial score (nSPS) is 10.4. The van der Waals surface area contributed by atoms with Gasteiger partial charge < -0.3 is 20.0 Å². The number of aromatic nitrogens is 4. The third-order valence-electron chi connectivity index (χ3n) is 3.14. The second-order valence-corrected chi connectivity index (χ2v) is 4.77. The number of aromatic carboxylic acids is 1. The summed E-state index contributed by atoms with van der Waals surface area (Å²) in [5.74, 6) is 0.303. The summed E-state index contributed by atoms with van der Waals surface area (Å²) in [7, 11) is 0. The molecule has 0 saturated heterocycles. The number of hydrogen-bond donors (Lipinski definition) is 1. The van der Waals surface area contributed by atoms with Crippen LogP contribution in [0.3, 0.4) is 0 Å². The van der Waals surface area contributed by atoms with Crippen molar-refractivity contribution in [2.24, 2.45) is 0 Å². The van der Waals surface area contributed by atoms with Crippen molar-refractivity contribution in [2.75, 3.05) is 11.9 Å². The highest BCUT2D eigenvalue weighted by Gasteiger charge is 2.14. The van der Waals surface area contributed by atoms with Crippen molar-refractivity contribution >= 4 is 11.8 Å². The molecule has 0 radical (unpaired) electrons. The number of carboxylic acid groups (broad SMARTS) is 1. The largest absolute Gasteiger partial charge is 0.545 e. The van der Waals surface area contributed by atoms with Crippen LogP contribution >= 0.6 is 0 Å². The van der Waals surface area contributed by atoms with Crippen LogP contribution in [0.15, 0.2) is 48.9 Å². The van der Waals surface area contributed by atoms with Gasteiger partial charge in [0.1, 0.15) is 17.9 Å². The lowest BCUT2D eigenvalue weighted by molar-refractivity contribution is -0.254. The average molecular weight is 324 g/mol. The van der Waals surface area contributed by atoms with E-state index in [2.05, 4.69) is 20.4 Å². The summed E-state index contributed by atoms with van der Waals surface area (Å²) in [5.41, 5.74) is -0.0408. The van der Waals surface area contributed by atoms with E-state index in [-0.39, 0.29) is 5.56 Å². The zero-order valence-electron chi connectivity index (χ0n) is 12.8. The van der Waals surface area contributed by atoms with Crippen LogP contribution in [0.1, 0.15) is 17.3 Å². The van der Waals surface area contributed by atoms with E-state index in [1.807, 2.05) is 25.1 Å². The molecule has 1 aromatic carbocycles. The van der Waals surface area contributed by atoms with Crippen molar-refractivity contribution in [3.05, 3.63) is 54.5 Å². The van der Waals surface area contributed by atoms with E-state index >= 15 is 0 Å². The Labute approximate surface area is 137 Å². The summed E-state index contributed by atoms with van der Waals surface area (Å²) in [4.78, 5) is 19.4. The second-order valence-electron chi connectivity index (χ2n) is 4.77. The van der Waals surface area contributed by atoms with E-state index < -0.39 is 5.97 Å². The molecular formula is C16H14N5O3-. The van der Waals surface area contributed by atoms with Crippen molar-refractivity contribution in [1.29, 1.82) is 0 Å². The van der Waals surface area contributed by atoms with Gasteiger partial charge in [-0.15, -0.1) is 0 Å². The lowest BCUT2D eigenvalue weighted by Gasteiger charge is -2.11. The molecule has 0 spiro atoms. The molecule has 2 heterocycles. The van der Waals surface area contributed by atoms with Gasteiger partial charge in [0.25, 0.3) is 0 Å². The molecule has 0 aliphatic heterocycles. The number of rotatable bonds is 6. The van der Waals surface area contributed by atoms with Crippen LogP contribution in [0.25, 0.3) is 5.82 Å². The minimum Gasteiger partial charge on any atom is -0.545 e. The third kappa shape index (κ3) is 3.17. The van der Waals surface area contributed by atoms with Crippen molar-refractivity contribution < 1.29 is 14.6 Å². The van der Waals surface area contributed by atoms with Crippen LogP contribution in [0, 0.1) is 0 Å². The zero-order chi connectivity index (χ0) is 16.9. The van der Waals surface area contributed by atoms with Gasteiger partial charge in [-0.2, -0.15) is 9.78 Å². The van der Waals surface area contributed by atoms with Crippen LogP contribution in [0.5, 0.6) is 11.6 Å². The van der Waals surface area contributed by atoms with E-state index in [4.69, 9.17) is 4.74 Å². The topological polar surface area (TPSA) is 105 Å². The summed E-state index contributed by atoms with van der Waals surface area (Å²) < 4.78 is 7.02. The second kappa shape index (κ2) is 6.78. The lowest BCUT2D eigenvalue weighted by atomic mass is 10.3. The first kappa shape index (κ1) is 15.5. The highest BCUT2D eigenvalue weighted by atomic mass is 16.5. The Morgan fingerprint density at radius 2 is 2.08 bits per heavy atom. The van der Waals surface area contributed by atoms with Crippen LogP contribution < -0.4 is 15.2 Å². The molecule has 2 aromatic heterocycles. The highest BCUT2D eigenvalue weighted by Crippen LogP contribution is 2.23. The Morgan fingerprint density at radius 3 is 2.79 bits per heavy atom. The molecule has 24 heavy (non-hydrogen) atoms. The summed E-state index contributed by atoms with van der Waals surface area (Å²) >= 11 is 0. The third-order valence-corrected chi connectivity index (χ3v) is 3.14. The number of nitrogens with zero attached hydrogens (tertiary/aromatic N) is 4. The van der Waals surface area contributed by atoms with E-state index in [0.29, 0.717) is 29.8 Å². The first-order chi connectivity index (χ1) is 11.7. The summed E-state index contributed by atoms with van der Waals surface area (Å²) in [6.45, 7) is 2.37. The van der Waals surface area contributed by atoms with E-state index in [9.17, 15) is 9.90 Å². The zero-order valence-corrected chi connectivity index (χ0v) is 12.8. The summed E-state index contributed by atoms with van der Waals surface area (Å²) in [5, 5.41) is 18.2. The Balaban J connectivity index is 1.96. The van der Waals surface area contributed by atoms with Crippen LogP contribution in [0.4, 0.5) is 5.82 Å². The summed E-state index contributed by atoms with van der Waals surface area (Å²) in [6.07, 6.45) is 2.54. The monoisotopic (exact) mass is 324 g/mol. The smallest absolute Gasteiger partial charge is 0.224 e. The van der Waals surface area contributed by atoms with Gasteiger partial charge in [0, 0.05) is 12.6 Å². The van der Waals surface area contributed by atoms with Crippen molar-refractivity contribution in [3.8, 4) is 17.4 Å². The van der Waals surface area contributed by atoms with Gasteiger partial charge in [-0.05, 0) is 19.1 Å². The van der Waals surface area contributed by atoms with Crippen molar-refractivity contribution in [3.63, 3.8) is 0 Å². The maximum Gasteiger partial charge on any atom is 0.224 e. The van der Waals surface area contributed by atoms with Gasteiger partial charge in [0.05, 0.1) is 17.7 Å². The highest BCUT2D eigenvalue weighted by molar-refractivity contribution is 5.91. The number of hydrogen-bond acceptors (Lipinski definition) is 7. The standard InChI is InChI=1S/C16H15N5O3/c1-2-17-15-12(16(22)23)9-20-21(15)13-8-14(19-10-18-13)24-11-6-4-3-5-7-11/h3-10,17H,2H2,1H3,(H,22,23)/p-1. The van der Waals surface area contributed by atoms with Gasteiger partial charge in [-0.25, -0.2) is 9.97 Å². The number of benzene rings is 1. The molecule has 0 atom stereocenters. The molecular weight excluding hydrogens is 310 g/mol. The lowest BCUT2D eigenvalue weighted by Crippen LogP contribution is -2.23. The van der Waals surface area contributed by atoms with Crippen LogP contribution in [0.2, 0.25) is 0 Å². The minimum atomic E-state index is -1.31. The fourth-order valence-corrected chi connectivity index (χ4v) is 2.12. The SMILES string of the molecule is CCNc1c(C(=O)[O-])cnn1-c1cc(Oc2ccccc2)ncn1.